The summed E-state index contributed by atoms with van der Waals surface area (Å²) < 4.78 is 0. The average molecular weight is 192 g/mol. The van der Waals surface area contributed by atoms with Gasteiger partial charge in [0, 0.05) is 11.8 Å². The molecule has 2 nitrogen and oxygen atoms in total. The molecule has 0 aromatic carbocycles. The molecule has 2 unspecified atom stereocenters. The third kappa shape index (κ3) is 2.19. The summed E-state index contributed by atoms with van der Waals surface area (Å²) in [5.74, 6) is 0.0135. The van der Waals surface area contributed by atoms with Crippen LogP contribution in [0.2, 0.25) is 0 Å². The van der Waals surface area contributed by atoms with Crippen LogP contribution in [-0.4, -0.2) is 12.1 Å². The van der Waals surface area contributed by atoms with Crippen LogP contribution in [-0.2, 0) is 9.59 Å². The molecule has 0 radical (unpaired) electrons. The van der Waals surface area contributed by atoms with E-state index in [9.17, 15) is 9.59 Å². The topological polar surface area (TPSA) is 34.1 Å². The molecule has 0 aromatic rings. The number of Topliss-reactive ketones (excluding diaryl/α,β-unsaturated/α-hetero) is 1. The maximum absolute atomic E-state index is 11.8. The maximum atomic E-state index is 11.8. The second kappa shape index (κ2) is 4.36. The van der Waals surface area contributed by atoms with Crippen LogP contribution in [0.3, 0.4) is 0 Å². The number of aldehydes is 1. The van der Waals surface area contributed by atoms with Crippen molar-refractivity contribution in [2.45, 2.75) is 27.2 Å². The fourth-order valence-electron chi connectivity index (χ4n) is 1.55. The summed E-state index contributed by atoms with van der Waals surface area (Å²) in [4.78, 5) is 22.3. The SMILES string of the molecule is CC(C)=C(C)C(=O)C1C=CC(C=O)C1. The van der Waals surface area contributed by atoms with Gasteiger partial charge in [0.1, 0.15) is 6.29 Å². The molecule has 0 fully saturated rings. The molecule has 0 spiro atoms. The molecule has 1 rings (SSSR count). The van der Waals surface area contributed by atoms with E-state index in [1.165, 1.54) is 0 Å². The zero-order valence-electron chi connectivity index (χ0n) is 8.91. The predicted octanol–water partition coefficient (Wildman–Crippen LogP) is 2.30. The molecule has 0 heterocycles. The van der Waals surface area contributed by atoms with Crippen molar-refractivity contribution in [1.29, 1.82) is 0 Å². The van der Waals surface area contributed by atoms with Gasteiger partial charge in [-0.3, -0.25) is 4.79 Å². The first-order valence-corrected chi connectivity index (χ1v) is 4.88. The molecule has 0 aromatic heterocycles. The standard InChI is InChI=1S/C12H16O2/c1-8(2)9(3)12(14)11-5-4-10(6-11)7-13/h4-5,7,10-11H,6H2,1-3H3. The summed E-state index contributed by atoms with van der Waals surface area (Å²) in [6.45, 7) is 5.71. The number of carbonyl (C=O) groups excluding carboxylic acids is 2. The van der Waals surface area contributed by atoms with Crippen LogP contribution in [0.25, 0.3) is 0 Å². The fourth-order valence-corrected chi connectivity index (χ4v) is 1.55. The lowest BCUT2D eigenvalue weighted by Gasteiger charge is -2.09. The van der Waals surface area contributed by atoms with Crippen molar-refractivity contribution in [1.82, 2.24) is 0 Å². The minimum absolute atomic E-state index is 0.0612. The van der Waals surface area contributed by atoms with Crippen LogP contribution in [0.1, 0.15) is 27.2 Å². The van der Waals surface area contributed by atoms with Crippen LogP contribution < -0.4 is 0 Å². The first-order valence-electron chi connectivity index (χ1n) is 4.88. The van der Waals surface area contributed by atoms with Gasteiger partial charge in [0.15, 0.2) is 5.78 Å². The highest BCUT2D eigenvalue weighted by atomic mass is 16.1. The van der Waals surface area contributed by atoms with Gasteiger partial charge in [0.05, 0.1) is 0 Å². The molecule has 0 bridgehead atoms. The molecule has 0 saturated heterocycles. The zero-order valence-corrected chi connectivity index (χ0v) is 8.91. The largest absolute Gasteiger partial charge is 0.303 e. The van der Waals surface area contributed by atoms with Gasteiger partial charge < -0.3 is 4.79 Å². The van der Waals surface area contributed by atoms with E-state index in [0.717, 1.165) is 17.4 Å². The Bertz CT molecular complexity index is 306. The highest BCUT2D eigenvalue weighted by Crippen LogP contribution is 2.25. The Hall–Kier alpha value is -1.18. The summed E-state index contributed by atoms with van der Waals surface area (Å²) in [6, 6.07) is 0. The van der Waals surface area contributed by atoms with Crippen LogP contribution in [0.4, 0.5) is 0 Å². The average Bonchev–Trinajstić information content (AvgIpc) is 2.63. The van der Waals surface area contributed by atoms with E-state index in [1.807, 2.05) is 32.9 Å². The predicted molar refractivity (Wildman–Crippen MR) is 55.9 cm³/mol. The van der Waals surface area contributed by atoms with Gasteiger partial charge in [-0.15, -0.1) is 0 Å². The van der Waals surface area contributed by atoms with E-state index < -0.39 is 0 Å². The van der Waals surface area contributed by atoms with Gasteiger partial charge >= 0.3 is 0 Å². The Morgan fingerprint density at radius 1 is 1.29 bits per heavy atom. The van der Waals surface area contributed by atoms with Crippen molar-refractivity contribution < 1.29 is 9.59 Å². The summed E-state index contributed by atoms with van der Waals surface area (Å²) >= 11 is 0. The van der Waals surface area contributed by atoms with E-state index in [0.29, 0.717) is 6.42 Å². The molecule has 0 saturated carbocycles. The van der Waals surface area contributed by atoms with Gasteiger partial charge in [-0.05, 0) is 32.8 Å². The third-order valence-electron chi connectivity index (χ3n) is 2.75. The molecule has 76 valence electrons. The number of rotatable bonds is 3. The monoisotopic (exact) mass is 192 g/mol. The van der Waals surface area contributed by atoms with Crippen molar-refractivity contribution >= 4 is 12.1 Å². The number of ketones is 1. The van der Waals surface area contributed by atoms with Crippen molar-refractivity contribution in [2.24, 2.45) is 11.8 Å². The van der Waals surface area contributed by atoms with Crippen LogP contribution in [0.15, 0.2) is 23.3 Å². The molecule has 14 heavy (non-hydrogen) atoms. The van der Waals surface area contributed by atoms with E-state index in [2.05, 4.69) is 0 Å². The Morgan fingerprint density at radius 2 is 1.93 bits per heavy atom. The van der Waals surface area contributed by atoms with Gasteiger partial charge in [-0.1, -0.05) is 17.7 Å². The molecule has 2 atom stereocenters. The molecular formula is C12H16O2. The lowest BCUT2D eigenvalue weighted by Crippen LogP contribution is -2.13. The summed E-state index contributed by atoms with van der Waals surface area (Å²) in [6.07, 6.45) is 5.23. The molecule has 1 aliphatic rings. The van der Waals surface area contributed by atoms with E-state index in [4.69, 9.17) is 0 Å². The normalized spacial score (nSPS) is 24.8. The first-order chi connectivity index (χ1) is 6.56. The van der Waals surface area contributed by atoms with E-state index in [1.54, 1.807) is 0 Å². The molecular weight excluding hydrogens is 176 g/mol. The second-order valence-electron chi connectivity index (χ2n) is 4.02. The summed E-state index contributed by atoms with van der Waals surface area (Å²) in [5.41, 5.74) is 1.88. The van der Waals surface area contributed by atoms with Crippen LogP contribution in [0.5, 0.6) is 0 Å². The molecule has 2 heteroatoms. The lowest BCUT2D eigenvalue weighted by molar-refractivity contribution is -0.118. The van der Waals surface area contributed by atoms with E-state index in [-0.39, 0.29) is 17.6 Å². The first kappa shape index (κ1) is 10.9. The Labute approximate surface area is 84.7 Å². The van der Waals surface area contributed by atoms with Gasteiger partial charge in [-0.25, -0.2) is 0 Å². The molecule has 0 aliphatic heterocycles. The number of carbonyl (C=O) groups is 2. The number of hydrogen-bond acceptors (Lipinski definition) is 2. The third-order valence-corrected chi connectivity index (χ3v) is 2.75. The van der Waals surface area contributed by atoms with Crippen molar-refractivity contribution in [3.05, 3.63) is 23.3 Å². The molecule has 0 N–H and O–H groups in total. The minimum atomic E-state index is -0.0832. The molecule has 0 amide bonds. The summed E-state index contributed by atoms with van der Waals surface area (Å²) in [7, 11) is 0. The minimum Gasteiger partial charge on any atom is -0.303 e. The highest BCUT2D eigenvalue weighted by molar-refractivity contribution is 5.98. The maximum Gasteiger partial charge on any atom is 0.165 e. The lowest BCUT2D eigenvalue weighted by atomic mass is 9.94. The summed E-state index contributed by atoms with van der Waals surface area (Å²) in [5, 5.41) is 0. The Morgan fingerprint density at radius 3 is 2.36 bits per heavy atom. The Kier molecular flexibility index (Phi) is 3.39. The van der Waals surface area contributed by atoms with Crippen LogP contribution >= 0.6 is 0 Å². The van der Waals surface area contributed by atoms with Crippen molar-refractivity contribution in [3.63, 3.8) is 0 Å². The van der Waals surface area contributed by atoms with Gasteiger partial charge in [0.2, 0.25) is 0 Å². The molecule has 1 aliphatic carbocycles. The number of allylic oxidation sites excluding steroid dienone is 4. The van der Waals surface area contributed by atoms with Crippen molar-refractivity contribution in [2.75, 3.05) is 0 Å². The number of hydrogen-bond donors (Lipinski definition) is 0. The van der Waals surface area contributed by atoms with Crippen LogP contribution in [0, 0.1) is 11.8 Å². The van der Waals surface area contributed by atoms with Crippen molar-refractivity contribution in [3.8, 4) is 0 Å². The second-order valence-corrected chi connectivity index (χ2v) is 4.02. The van der Waals surface area contributed by atoms with Gasteiger partial charge in [0.25, 0.3) is 0 Å². The quantitative estimate of drug-likeness (QED) is 0.390. The van der Waals surface area contributed by atoms with E-state index >= 15 is 0 Å². The highest BCUT2D eigenvalue weighted by Gasteiger charge is 2.25. The Balaban J connectivity index is 2.71. The fraction of sp³-hybridized carbons (Fsp3) is 0.500. The van der Waals surface area contributed by atoms with Gasteiger partial charge in [-0.2, -0.15) is 0 Å². The zero-order chi connectivity index (χ0) is 10.7. The smallest absolute Gasteiger partial charge is 0.165 e.